The molecule has 16 heavy (non-hydrogen) atoms. The van der Waals surface area contributed by atoms with Crippen molar-refractivity contribution in [3.8, 4) is 0 Å². The lowest BCUT2D eigenvalue weighted by Crippen LogP contribution is -2.28. The summed E-state index contributed by atoms with van der Waals surface area (Å²) in [5.74, 6) is -0.277. The zero-order valence-electron chi connectivity index (χ0n) is 9.13. The number of rotatable bonds is 2. The van der Waals surface area contributed by atoms with Crippen LogP contribution in [0.25, 0.3) is 0 Å². The minimum absolute atomic E-state index is 0.0549. The number of nitrogens with one attached hydrogen (secondary N) is 1. The van der Waals surface area contributed by atoms with E-state index in [1.807, 2.05) is 6.92 Å². The van der Waals surface area contributed by atoms with Crippen molar-refractivity contribution in [2.45, 2.75) is 38.3 Å². The van der Waals surface area contributed by atoms with Crippen molar-refractivity contribution in [1.29, 1.82) is 0 Å². The van der Waals surface area contributed by atoms with Crippen molar-refractivity contribution in [2.75, 3.05) is 5.32 Å². The molecule has 1 aliphatic carbocycles. The number of benzene rings is 1. The fraction of sp³-hybridized carbons (Fsp3) is 0.500. The van der Waals surface area contributed by atoms with E-state index in [9.17, 15) is 9.50 Å². The van der Waals surface area contributed by atoms with Crippen LogP contribution in [0.3, 0.4) is 0 Å². The molecule has 0 radical (unpaired) electrons. The van der Waals surface area contributed by atoms with Crippen LogP contribution in [0.15, 0.2) is 16.6 Å². The van der Waals surface area contributed by atoms with Crippen molar-refractivity contribution in [3.63, 3.8) is 0 Å². The van der Waals surface area contributed by atoms with Gasteiger partial charge < -0.3 is 10.4 Å². The minimum Gasteiger partial charge on any atom is -0.391 e. The number of aliphatic hydroxyl groups excluding tert-OH is 1. The minimum atomic E-state index is -0.314. The first-order chi connectivity index (χ1) is 7.58. The molecule has 1 aliphatic rings. The first-order valence-corrected chi connectivity index (χ1v) is 6.27. The fourth-order valence-corrected chi connectivity index (χ4v) is 2.57. The molecule has 0 amide bonds. The Morgan fingerprint density at radius 3 is 2.81 bits per heavy atom. The summed E-state index contributed by atoms with van der Waals surface area (Å²) in [6, 6.07) is 3.28. The van der Waals surface area contributed by atoms with Crippen LogP contribution in [-0.4, -0.2) is 17.3 Å². The third kappa shape index (κ3) is 2.38. The van der Waals surface area contributed by atoms with Crippen LogP contribution in [0.4, 0.5) is 10.1 Å². The number of anilines is 1. The summed E-state index contributed by atoms with van der Waals surface area (Å²) in [4.78, 5) is 0. The van der Waals surface area contributed by atoms with Crippen molar-refractivity contribution in [3.05, 3.63) is 28.0 Å². The molecule has 1 saturated carbocycles. The standard InChI is InChI=1S/C12H15BrFNO/c1-7-5-8(13)9(14)6-11(7)15-10-3-2-4-12(10)16/h5-6,10,12,15-16H,2-4H2,1H3/t10-,12-/m1/s1. The van der Waals surface area contributed by atoms with Gasteiger partial charge in [0.2, 0.25) is 0 Å². The largest absolute Gasteiger partial charge is 0.391 e. The normalized spacial score (nSPS) is 24.8. The Labute approximate surface area is 103 Å². The Balaban J connectivity index is 2.18. The van der Waals surface area contributed by atoms with Crippen molar-refractivity contribution >= 4 is 21.6 Å². The summed E-state index contributed by atoms with van der Waals surface area (Å²) in [5.41, 5.74) is 1.75. The highest BCUT2D eigenvalue weighted by atomic mass is 79.9. The maximum absolute atomic E-state index is 13.4. The molecule has 88 valence electrons. The lowest BCUT2D eigenvalue weighted by atomic mass is 10.1. The van der Waals surface area contributed by atoms with Gasteiger partial charge in [0, 0.05) is 5.69 Å². The van der Waals surface area contributed by atoms with Gasteiger partial charge in [-0.15, -0.1) is 0 Å². The second kappa shape index (κ2) is 4.72. The van der Waals surface area contributed by atoms with Crippen LogP contribution in [0, 0.1) is 12.7 Å². The molecule has 0 aliphatic heterocycles. The van der Waals surface area contributed by atoms with Crippen LogP contribution in [-0.2, 0) is 0 Å². The number of hydrogen-bond donors (Lipinski definition) is 2. The Bertz CT molecular complexity index is 397. The summed E-state index contributed by atoms with van der Waals surface area (Å²) in [6.45, 7) is 1.92. The Kier molecular flexibility index (Phi) is 3.50. The molecule has 2 rings (SSSR count). The smallest absolute Gasteiger partial charge is 0.139 e. The van der Waals surface area contributed by atoms with Gasteiger partial charge in [-0.05, 0) is 59.8 Å². The first kappa shape index (κ1) is 11.9. The average Bonchev–Trinajstić information content (AvgIpc) is 2.61. The molecule has 0 spiro atoms. The monoisotopic (exact) mass is 287 g/mol. The summed E-state index contributed by atoms with van der Waals surface area (Å²) in [5, 5.41) is 12.9. The predicted octanol–water partition coefficient (Wildman–Crippen LogP) is 3.22. The summed E-state index contributed by atoms with van der Waals surface area (Å²) in [7, 11) is 0. The maximum Gasteiger partial charge on any atom is 0.139 e. The molecule has 1 fully saturated rings. The highest BCUT2D eigenvalue weighted by Gasteiger charge is 2.25. The number of hydrogen-bond acceptors (Lipinski definition) is 2. The molecule has 1 aromatic rings. The van der Waals surface area contributed by atoms with E-state index in [1.165, 1.54) is 6.07 Å². The van der Waals surface area contributed by atoms with Gasteiger partial charge in [0.15, 0.2) is 0 Å². The van der Waals surface area contributed by atoms with Gasteiger partial charge in [0.05, 0.1) is 16.6 Å². The topological polar surface area (TPSA) is 32.3 Å². The highest BCUT2D eigenvalue weighted by Crippen LogP contribution is 2.28. The van der Waals surface area contributed by atoms with Gasteiger partial charge in [-0.3, -0.25) is 0 Å². The molecule has 0 aromatic heterocycles. The maximum atomic E-state index is 13.4. The van der Waals surface area contributed by atoms with Gasteiger partial charge in [0.25, 0.3) is 0 Å². The number of aryl methyl sites for hydroxylation is 1. The molecule has 1 aromatic carbocycles. The van der Waals surface area contributed by atoms with E-state index < -0.39 is 0 Å². The van der Waals surface area contributed by atoms with E-state index in [0.29, 0.717) is 4.47 Å². The van der Waals surface area contributed by atoms with Crippen LogP contribution in [0.2, 0.25) is 0 Å². The zero-order valence-corrected chi connectivity index (χ0v) is 10.7. The first-order valence-electron chi connectivity index (χ1n) is 5.48. The Hall–Kier alpha value is -0.610. The molecule has 0 bridgehead atoms. The molecule has 4 heteroatoms. The Morgan fingerprint density at radius 1 is 1.44 bits per heavy atom. The molecular formula is C12H15BrFNO. The van der Waals surface area contributed by atoms with Gasteiger partial charge in [0.1, 0.15) is 5.82 Å². The SMILES string of the molecule is Cc1cc(Br)c(F)cc1N[C@@H]1CCC[C@H]1O. The summed E-state index contributed by atoms with van der Waals surface area (Å²) >= 11 is 3.15. The molecule has 2 N–H and O–H groups in total. The quantitative estimate of drug-likeness (QED) is 0.875. The molecule has 0 heterocycles. The third-order valence-corrected chi connectivity index (χ3v) is 3.70. The van der Waals surface area contributed by atoms with Gasteiger partial charge in [-0.25, -0.2) is 4.39 Å². The second-order valence-corrected chi connectivity index (χ2v) is 5.18. The van der Waals surface area contributed by atoms with Crippen LogP contribution < -0.4 is 5.32 Å². The van der Waals surface area contributed by atoms with E-state index in [0.717, 1.165) is 30.5 Å². The molecule has 2 nitrogen and oxygen atoms in total. The lowest BCUT2D eigenvalue weighted by Gasteiger charge is -2.19. The lowest BCUT2D eigenvalue weighted by molar-refractivity contribution is 0.172. The molecule has 2 atom stereocenters. The van der Waals surface area contributed by atoms with Crippen LogP contribution >= 0.6 is 15.9 Å². The molecular weight excluding hydrogens is 273 g/mol. The van der Waals surface area contributed by atoms with E-state index in [1.54, 1.807) is 6.07 Å². The van der Waals surface area contributed by atoms with Crippen LogP contribution in [0.5, 0.6) is 0 Å². The highest BCUT2D eigenvalue weighted by molar-refractivity contribution is 9.10. The van der Waals surface area contributed by atoms with E-state index in [2.05, 4.69) is 21.2 Å². The van der Waals surface area contributed by atoms with E-state index >= 15 is 0 Å². The van der Waals surface area contributed by atoms with Gasteiger partial charge in [-0.1, -0.05) is 0 Å². The predicted molar refractivity (Wildman–Crippen MR) is 66.1 cm³/mol. The summed E-state index contributed by atoms with van der Waals surface area (Å²) < 4.78 is 13.9. The average molecular weight is 288 g/mol. The molecule has 0 unspecified atom stereocenters. The van der Waals surface area contributed by atoms with Crippen LogP contribution in [0.1, 0.15) is 24.8 Å². The van der Waals surface area contributed by atoms with Crippen molar-refractivity contribution in [2.24, 2.45) is 0 Å². The zero-order chi connectivity index (χ0) is 11.7. The Morgan fingerprint density at radius 2 is 2.19 bits per heavy atom. The van der Waals surface area contributed by atoms with Crippen molar-refractivity contribution in [1.82, 2.24) is 0 Å². The van der Waals surface area contributed by atoms with Crippen molar-refractivity contribution < 1.29 is 9.50 Å². The molecule has 0 saturated heterocycles. The number of halogens is 2. The van der Waals surface area contributed by atoms with Gasteiger partial charge in [-0.2, -0.15) is 0 Å². The summed E-state index contributed by atoms with van der Waals surface area (Å²) in [6.07, 6.45) is 2.48. The fourth-order valence-electron chi connectivity index (χ4n) is 2.11. The van der Waals surface area contributed by atoms with E-state index in [4.69, 9.17) is 0 Å². The number of aliphatic hydroxyl groups is 1. The van der Waals surface area contributed by atoms with E-state index in [-0.39, 0.29) is 18.0 Å². The second-order valence-electron chi connectivity index (χ2n) is 4.33. The van der Waals surface area contributed by atoms with Gasteiger partial charge >= 0.3 is 0 Å². The third-order valence-electron chi connectivity index (χ3n) is 3.09.